The molecule has 0 fully saturated rings. The van der Waals surface area contributed by atoms with Crippen molar-refractivity contribution in [2.45, 2.75) is 12.6 Å². The van der Waals surface area contributed by atoms with Gasteiger partial charge in [-0.15, -0.1) is 5.10 Å². The second-order valence-corrected chi connectivity index (χ2v) is 4.01. The van der Waals surface area contributed by atoms with E-state index in [4.69, 9.17) is 11.5 Å². The highest BCUT2D eigenvalue weighted by molar-refractivity contribution is 5.57. The lowest BCUT2D eigenvalue weighted by atomic mass is 10.0. The van der Waals surface area contributed by atoms with Crippen molar-refractivity contribution < 1.29 is 13.2 Å². The molecule has 0 aliphatic heterocycles. The van der Waals surface area contributed by atoms with E-state index in [0.717, 1.165) is 6.07 Å². The molecule has 7 heteroatoms. The van der Waals surface area contributed by atoms with Crippen LogP contribution in [-0.2, 0) is 12.6 Å². The van der Waals surface area contributed by atoms with Crippen molar-refractivity contribution in [3.63, 3.8) is 0 Å². The van der Waals surface area contributed by atoms with Gasteiger partial charge in [-0.05, 0) is 17.7 Å². The van der Waals surface area contributed by atoms with Crippen molar-refractivity contribution in [1.29, 1.82) is 0 Å². The monoisotopic (exact) mass is 268 g/mol. The van der Waals surface area contributed by atoms with Gasteiger partial charge in [0.25, 0.3) is 0 Å². The molecule has 4 nitrogen and oxygen atoms in total. The highest BCUT2D eigenvalue weighted by Crippen LogP contribution is 2.32. The second kappa shape index (κ2) is 4.75. The molecule has 0 amide bonds. The first-order chi connectivity index (χ1) is 8.88. The molecule has 100 valence electrons. The summed E-state index contributed by atoms with van der Waals surface area (Å²) in [6, 6.07) is 6.74. The van der Waals surface area contributed by atoms with Crippen LogP contribution in [0.25, 0.3) is 0 Å². The Morgan fingerprint density at radius 2 is 1.74 bits per heavy atom. The molecule has 1 aromatic carbocycles. The van der Waals surface area contributed by atoms with E-state index in [1.807, 2.05) is 0 Å². The van der Waals surface area contributed by atoms with Crippen molar-refractivity contribution in [3.05, 3.63) is 47.2 Å². The predicted octanol–water partition coefficient (Wildman–Crippen LogP) is 2.25. The fraction of sp³-hybridized carbons (Fsp3) is 0.167. The minimum Gasteiger partial charge on any atom is -0.396 e. The van der Waals surface area contributed by atoms with Crippen LogP contribution < -0.4 is 11.5 Å². The number of hydrogen-bond acceptors (Lipinski definition) is 4. The predicted molar refractivity (Wildman–Crippen MR) is 65.1 cm³/mol. The molecule has 1 heterocycles. The Bertz CT molecular complexity index is 596. The van der Waals surface area contributed by atoms with Gasteiger partial charge in [-0.25, -0.2) is 0 Å². The molecule has 0 saturated heterocycles. The zero-order valence-electron chi connectivity index (χ0n) is 9.78. The summed E-state index contributed by atoms with van der Waals surface area (Å²) in [5.41, 5.74) is 10.9. The Hall–Kier alpha value is -2.31. The third-order valence-corrected chi connectivity index (χ3v) is 2.60. The number of alkyl halides is 3. The largest absolute Gasteiger partial charge is 0.416 e. The van der Waals surface area contributed by atoms with Crippen LogP contribution in [0.1, 0.15) is 16.8 Å². The normalized spacial score (nSPS) is 11.5. The van der Waals surface area contributed by atoms with E-state index in [2.05, 4.69) is 10.2 Å². The molecule has 2 rings (SSSR count). The van der Waals surface area contributed by atoms with Gasteiger partial charge in [0.2, 0.25) is 0 Å². The summed E-state index contributed by atoms with van der Waals surface area (Å²) >= 11 is 0. The maximum atomic E-state index is 12.8. The molecule has 0 aliphatic carbocycles. The van der Waals surface area contributed by atoms with E-state index in [-0.39, 0.29) is 23.5 Å². The van der Waals surface area contributed by atoms with E-state index in [0.29, 0.717) is 5.69 Å². The number of benzene rings is 1. The molecule has 1 aromatic heterocycles. The summed E-state index contributed by atoms with van der Waals surface area (Å²) in [5.74, 6) is 0.0628. The fourth-order valence-corrected chi connectivity index (χ4v) is 1.69. The van der Waals surface area contributed by atoms with Gasteiger partial charge in [0.15, 0.2) is 5.82 Å². The Balaban J connectivity index is 2.36. The summed E-state index contributed by atoms with van der Waals surface area (Å²) in [6.07, 6.45) is -4.41. The molecule has 4 N–H and O–H groups in total. The van der Waals surface area contributed by atoms with E-state index < -0.39 is 11.7 Å². The second-order valence-electron chi connectivity index (χ2n) is 4.01. The van der Waals surface area contributed by atoms with Gasteiger partial charge in [-0.2, -0.15) is 18.3 Å². The van der Waals surface area contributed by atoms with Gasteiger partial charge in [-0.1, -0.05) is 18.2 Å². The Labute approximate surface area is 107 Å². The van der Waals surface area contributed by atoms with Gasteiger partial charge in [0, 0.05) is 6.42 Å². The number of hydrogen-bond donors (Lipinski definition) is 2. The van der Waals surface area contributed by atoms with Crippen LogP contribution in [-0.4, -0.2) is 10.2 Å². The first-order valence-corrected chi connectivity index (χ1v) is 5.40. The van der Waals surface area contributed by atoms with Crippen molar-refractivity contribution in [1.82, 2.24) is 10.2 Å². The number of nitrogens with two attached hydrogens (primary N) is 2. The van der Waals surface area contributed by atoms with E-state index >= 15 is 0 Å². The number of aromatic nitrogens is 2. The van der Waals surface area contributed by atoms with Crippen molar-refractivity contribution in [2.75, 3.05) is 11.5 Å². The Morgan fingerprint density at radius 3 is 2.37 bits per heavy atom. The van der Waals surface area contributed by atoms with E-state index in [1.165, 1.54) is 18.2 Å². The zero-order chi connectivity index (χ0) is 14.0. The van der Waals surface area contributed by atoms with Crippen LogP contribution in [0.5, 0.6) is 0 Å². The maximum absolute atomic E-state index is 12.8. The number of anilines is 2. The Morgan fingerprint density at radius 1 is 1.05 bits per heavy atom. The molecule has 0 unspecified atom stereocenters. The van der Waals surface area contributed by atoms with Crippen LogP contribution >= 0.6 is 0 Å². The summed E-state index contributed by atoms with van der Waals surface area (Å²) in [6.45, 7) is 0. The first kappa shape index (κ1) is 13.1. The molecule has 0 spiro atoms. The molecule has 0 bridgehead atoms. The van der Waals surface area contributed by atoms with Crippen LogP contribution in [0, 0.1) is 0 Å². The summed E-state index contributed by atoms with van der Waals surface area (Å²) in [4.78, 5) is 0. The molecular formula is C12H11F3N4. The van der Waals surface area contributed by atoms with Crippen molar-refractivity contribution in [3.8, 4) is 0 Å². The van der Waals surface area contributed by atoms with Gasteiger partial charge in [0.1, 0.15) is 0 Å². The lowest BCUT2D eigenvalue weighted by molar-refractivity contribution is -0.138. The lowest BCUT2D eigenvalue weighted by Crippen LogP contribution is -2.10. The van der Waals surface area contributed by atoms with Gasteiger partial charge >= 0.3 is 6.18 Å². The van der Waals surface area contributed by atoms with Crippen LogP contribution in [0.15, 0.2) is 30.3 Å². The third-order valence-electron chi connectivity index (χ3n) is 2.60. The molecule has 0 saturated carbocycles. The highest BCUT2D eigenvalue weighted by atomic mass is 19.4. The van der Waals surface area contributed by atoms with Crippen molar-refractivity contribution in [2.24, 2.45) is 0 Å². The molecule has 0 radical (unpaired) electrons. The summed E-state index contributed by atoms with van der Waals surface area (Å²) in [5, 5.41) is 7.32. The van der Waals surface area contributed by atoms with Crippen LogP contribution in [0.3, 0.4) is 0 Å². The highest BCUT2D eigenvalue weighted by Gasteiger charge is 2.32. The molecule has 19 heavy (non-hydrogen) atoms. The quantitative estimate of drug-likeness (QED) is 0.875. The average molecular weight is 268 g/mol. The third kappa shape index (κ3) is 2.93. The number of halogens is 3. The van der Waals surface area contributed by atoms with Gasteiger partial charge < -0.3 is 11.5 Å². The number of nitrogens with zero attached hydrogens (tertiary/aromatic N) is 2. The molecule has 2 aromatic rings. The van der Waals surface area contributed by atoms with Crippen LogP contribution in [0.4, 0.5) is 24.7 Å². The van der Waals surface area contributed by atoms with E-state index in [1.54, 1.807) is 6.07 Å². The van der Waals surface area contributed by atoms with Gasteiger partial charge in [-0.3, -0.25) is 0 Å². The minimum absolute atomic E-state index is 0.00678. The van der Waals surface area contributed by atoms with Gasteiger partial charge in [0.05, 0.1) is 16.9 Å². The average Bonchev–Trinajstić information content (AvgIpc) is 2.33. The Kier molecular flexibility index (Phi) is 3.28. The van der Waals surface area contributed by atoms with Crippen molar-refractivity contribution >= 4 is 11.5 Å². The van der Waals surface area contributed by atoms with E-state index in [9.17, 15) is 13.2 Å². The van der Waals surface area contributed by atoms with Crippen LogP contribution in [0.2, 0.25) is 0 Å². The summed E-state index contributed by atoms with van der Waals surface area (Å²) < 4.78 is 38.4. The standard InChI is InChI=1S/C12H11F3N4/c13-12(14,15)9-4-2-1-3-7(9)5-8-6-10(16)11(17)19-18-8/h1-4,6H,5H2,(H2,16,18)(H2,17,19). The SMILES string of the molecule is Nc1cc(Cc2ccccc2C(F)(F)F)nnc1N. The summed E-state index contributed by atoms with van der Waals surface area (Å²) in [7, 11) is 0. The number of rotatable bonds is 2. The first-order valence-electron chi connectivity index (χ1n) is 5.40. The topological polar surface area (TPSA) is 77.8 Å². The zero-order valence-corrected chi connectivity index (χ0v) is 9.78. The molecule has 0 atom stereocenters. The molecular weight excluding hydrogens is 257 g/mol. The lowest BCUT2D eigenvalue weighted by Gasteiger charge is -2.12. The number of nitrogen functional groups attached to an aromatic ring is 2. The minimum atomic E-state index is -4.40. The smallest absolute Gasteiger partial charge is 0.396 e. The maximum Gasteiger partial charge on any atom is 0.416 e. The molecule has 0 aliphatic rings. The fourth-order valence-electron chi connectivity index (χ4n) is 1.69.